The molecule has 80 valence electrons. The molecule has 6 heteroatoms. The van der Waals surface area contributed by atoms with Crippen molar-refractivity contribution in [2.75, 3.05) is 26.2 Å². The maximum Gasteiger partial charge on any atom is 0.327 e. The molecule has 1 aliphatic rings. The van der Waals surface area contributed by atoms with Gasteiger partial charge in [0.2, 0.25) is 0 Å². The fourth-order valence-corrected chi connectivity index (χ4v) is 0.845. The van der Waals surface area contributed by atoms with Gasteiger partial charge in [0.05, 0.1) is 6.61 Å². The van der Waals surface area contributed by atoms with Crippen molar-refractivity contribution >= 4 is 12.0 Å². The minimum atomic E-state index is -0.981. The first-order valence-electron chi connectivity index (χ1n) is 4.10. The molecule has 2 amide bonds. The Kier molecular flexibility index (Phi) is 6.13. The largest absolute Gasteiger partial charge is 0.478 e. The summed E-state index contributed by atoms with van der Waals surface area (Å²) >= 11 is 0. The quantitative estimate of drug-likeness (QED) is 0.526. The average molecular weight is 202 g/mol. The SMILES string of the molecule is C=CC(=O)O.O=C1NCCN1CCO. The van der Waals surface area contributed by atoms with Crippen LogP contribution in [0.25, 0.3) is 0 Å². The molecule has 0 atom stereocenters. The summed E-state index contributed by atoms with van der Waals surface area (Å²) in [4.78, 5) is 21.5. The lowest BCUT2D eigenvalue weighted by Gasteiger charge is -2.10. The Bertz CT molecular complexity index is 217. The lowest BCUT2D eigenvalue weighted by molar-refractivity contribution is -0.131. The molecule has 0 aromatic carbocycles. The molecule has 3 N–H and O–H groups in total. The first kappa shape index (κ1) is 12.4. The molecule has 0 saturated carbocycles. The molecule has 14 heavy (non-hydrogen) atoms. The molecule has 0 spiro atoms. The van der Waals surface area contributed by atoms with Crippen LogP contribution in [0.4, 0.5) is 4.79 Å². The van der Waals surface area contributed by atoms with Crippen molar-refractivity contribution in [2.45, 2.75) is 0 Å². The second-order valence-corrected chi connectivity index (χ2v) is 2.48. The number of aliphatic hydroxyl groups is 1. The van der Waals surface area contributed by atoms with Gasteiger partial charge in [-0.25, -0.2) is 9.59 Å². The van der Waals surface area contributed by atoms with E-state index in [0.29, 0.717) is 13.1 Å². The molecule has 1 saturated heterocycles. The van der Waals surface area contributed by atoms with Gasteiger partial charge in [-0.1, -0.05) is 6.58 Å². The number of urea groups is 1. The summed E-state index contributed by atoms with van der Waals surface area (Å²) < 4.78 is 0. The number of nitrogens with one attached hydrogen (secondary N) is 1. The summed E-state index contributed by atoms with van der Waals surface area (Å²) in [5.41, 5.74) is 0. The number of carbonyl (C=O) groups excluding carboxylic acids is 1. The number of amides is 2. The minimum Gasteiger partial charge on any atom is -0.478 e. The van der Waals surface area contributed by atoms with E-state index in [2.05, 4.69) is 11.9 Å². The zero-order chi connectivity index (χ0) is 11.0. The molecule has 1 fully saturated rings. The topological polar surface area (TPSA) is 89.9 Å². The number of aliphatic carboxylic acids is 1. The van der Waals surface area contributed by atoms with Gasteiger partial charge in [0.25, 0.3) is 0 Å². The Morgan fingerprint density at radius 3 is 2.57 bits per heavy atom. The molecular weight excluding hydrogens is 188 g/mol. The highest BCUT2D eigenvalue weighted by atomic mass is 16.4. The molecule has 0 unspecified atom stereocenters. The number of hydrogen-bond donors (Lipinski definition) is 3. The van der Waals surface area contributed by atoms with Gasteiger partial charge >= 0.3 is 12.0 Å². The van der Waals surface area contributed by atoms with Crippen molar-refractivity contribution in [3.05, 3.63) is 12.7 Å². The highest BCUT2D eigenvalue weighted by molar-refractivity contribution is 5.78. The third-order valence-electron chi connectivity index (χ3n) is 1.49. The molecule has 1 aliphatic heterocycles. The lowest BCUT2D eigenvalue weighted by atomic mass is 10.5. The van der Waals surface area contributed by atoms with Crippen molar-refractivity contribution in [1.82, 2.24) is 10.2 Å². The summed E-state index contributed by atoms with van der Waals surface area (Å²) in [7, 11) is 0. The average Bonchev–Trinajstić information content (AvgIpc) is 2.54. The summed E-state index contributed by atoms with van der Waals surface area (Å²) in [6.07, 6.45) is 0.833. The number of carboxylic acids is 1. The highest BCUT2D eigenvalue weighted by Crippen LogP contribution is 1.93. The van der Waals surface area contributed by atoms with Crippen LogP contribution in [0.1, 0.15) is 0 Å². The molecule has 0 aromatic rings. The van der Waals surface area contributed by atoms with Gasteiger partial charge in [0, 0.05) is 25.7 Å². The van der Waals surface area contributed by atoms with Gasteiger partial charge in [0.15, 0.2) is 0 Å². The molecule has 1 rings (SSSR count). The standard InChI is InChI=1S/C5H10N2O2.C3H4O2/c8-4-3-7-2-1-6-5(7)9;1-2-3(4)5/h8H,1-4H2,(H,6,9);2H,1H2,(H,4,5). The monoisotopic (exact) mass is 202 g/mol. The fourth-order valence-electron chi connectivity index (χ4n) is 0.845. The fraction of sp³-hybridized carbons (Fsp3) is 0.500. The number of carbonyl (C=O) groups is 2. The number of nitrogens with zero attached hydrogens (tertiary/aromatic N) is 1. The number of hydrogen-bond acceptors (Lipinski definition) is 3. The smallest absolute Gasteiger partial charge is 0.327 e. The molecular formula is C8H14N2O4. The van der Waals surface area contributed by atoms with Crippen LogP contribution in [-0.2, 0) is 4.79 Å². The maximum atomic E-state index is 10.7. The predicted molar refractivity (Wildman–Crippen MR) is 49.9 cm³/mol. The minimum absolute atomic E-state index is 0.0490. The van der Waals surface area contributed by atoms with Crippen LogP contribution in [-0.4, -0.2) is 53.4 Å². The van der Waals surface area contributed by atoms with Crippen molar-refractivity contribution in [3.63, 3.8) is 0 Å². The van der Waals surface area contributed by atoms with Crippen molar-refractivity contribution in [2.24, 2.45) is 0 Å². The van der Waals surface area contributed by atoms with E-state index >= 15 is 0 Å². The van der Waals surface area contributed by atoms with E-state index in [0.717, 1.165) is 12.6 Å². The number of aliphatic hydroxyl groups excluding tert-OH is 1. The lowest BCUT2D eigenvalue weighted by Crippen LogP contribution is -2.30. The van der Waals surface area contributed by atoms with E-state index in [9.17, 15) is 9.59 Å². The van der Waals surface area contributed by atoms with Gasteiger partial charge in [-0.3, -0.25) is 0 Å². The van der Waals surface area contributed by atoms with Crippen LogP contribution in [0.3, 0.4) is 0 Å². The Morgan fingerprint density at radius 1 is 1.71 bits per heavy atom. The van der Waals surface area contributed by atoms with Gasteiger partial charge in [-0.2, -0.15) is 0 Å². The first-order valence-corrected chi connectivity index (χ1v) is 4.10. The highest BCUT2D eigenvalue weighted by Gasteiger charge is 2.17. The van der Waals surface area contributed by atoms with E-state index < -0.39 is 5.97 Å². The van der Waals surface area contributed by atoms with Crippen molar-refractivity contribution in [3.8, 4) is 0 Å². The van der Waals surface area contributed by atoms with Crippen molar-refractivity contribution < 1.29 is 19.8 Å². The van der Waals surface area contributed by atoms with Gasteiger partial charge in [0.1, 0.15) is 0 Å². The second-order valence-electron chi connectivity index (χ2n) is 2.48. The number of β-amino-alcohol motifs (C(OH)–C–C–N with tert-alkyl or cyclic N) is 1. The van der Waals surface area contributed by atoms with E-state index in [1.54, 1.807) is 4.90 Å². The number of carboxylic acid groups (broad SMARTS) is 1. The molecule has 0 bridgehead atoms. The van der Waals surface area contributed by atoms with E-state index in [1.165, 1.54) is 0 Å². The van der Waals surface area contributed by atoms with Crippen LogP contribution in [0.15, 0.2) is 12.7 Å². The Hall–Kier alpha value is -1.56. The zero-order valence-electron chi connectivity index (χ0n) is 7.77. The number of rotatable bonds is 3. The summed E-state index contributed by atoms with van der Waals surface area (Å²) in [6.45, 7) is 4.89. The van der Waals surface area contributed by atoms with E-state index in [-0.39, 0.29) is 12.6 Å². The zero-order valence-corrected chi connectivity index (χ0v) is 7.77. The molecule has 0 radical (unpaired) electrons. The van der Waals surface area contributed by atoms with Crippen molar-refractivity contribution in [1.29, 1.82) is 0 Å². The van der Waals surface area contributed by atoms with Gasteiger partial charge in [-0.15, -0.1) is 0 Å². The second kappa shape index (κ2) is 6.90. The molecule has 6 nitrogen and oxygen atoms in total. The molecule has 0 aliphatic carbocycles. The normalized spacial score (nSPS) is 14.1. The summed E-state index contributed by atoms with van der Waals surface area (Å²) in [5, 5.41) is 18.7. The van der Waals surface area contributed by atoms with Gasteiger partial charge in [-0.05, 0) is 0 Å². The van der Waals surface area contributed by atoms with Gasteiger partial charge < -0.3 is 20.4 Å². The van der Waals surface area contributed by atoms with E-state index in [4.69, 9.17) is 10.2 Å². The summed E-state index contributed by atoms with van der Waals surface area (Å²) in [5.74, 6) is -0.981. The predicted octanol–water partition coefficient (Wildman–Crippen LogP) is -0.739. The van der Waals surface area contributed by atoms with Crippen LogP contribution in [0.2, 0.25) is 0 Å². The third kappa shape index (κ3) is 5.15. The molecule has 0 aromatic heterocycles. The Labute approximate surface area is 81.8 Å². The van der Waals surface area contributed by atoms with Crippen LogP contribution in [0.5, 0.6) is 0 Å². The summed E-state index contributed by atoms with van der Waals surface area (Å²) in [6, 6.07) is -0.0657. The van der Waals surface area contributed by atoms with Crippen LogP contribution in [0, 0.1) is 0 Å². The van der Waals surface area contributed by atoms with Crippen LogP contribution < -0.4 is 5.32 Å². The van der Waals surface area contributed by atoms with Crippen LogP contribution >= 0.6 is 0 Å². The third-order valence-corrected chi connectivity index (χ3v) is 1.49. The van der Waals surface area contributed by atoms with E-state index in [1.807, 2.05) is 0 Å². The first-order chi connectivity index (χ1) is 6.61. The maximum absolute atomic E-state index is 10.7. The Morgan fingerprint density at radius 2 is 2.29 bits per heavy atom. The molecule has 1 heterocycles. The Balaban J connectivity index is 0.000000292.